The first-order valence-electron chi connectivity index (χ1n) is 4.38. The first kappa shape index (κ1) is 10.3. The maximum absolute atomic E-state index is 12.9. The molecular formula is C10H7F2N3O. The Balaban J connectivity index is 2.46. The van der Waals surface area contributed by atoms with Crippen molar-refractivity contribution in [1.29, 1.82) is 0 Å². The fourth-order valence-electron chi connectivity index (χ4n) is 1.27. The highest BCUT2D eigenvalue weighted by atomic mass is 19.1. The van der Waals surface area contributed by atoms with Gasteiger partial charge in [-0.2, -0.15) is 5.10 Å². The van der Waals surface area contributed by atoms with E-state index in [0.29, 0.717) is 0 Å². The highest BCUT2D eigenvalue weighted by molar-refractivity contribution is 5.90. The molecule has 0 saturated heterocycles. The minimum Gasteiger partial charge on any atom is -0.364 e. The molecule has 0 bridgehead atoms. The summed E-state index contributed by atoms with van der Waals surface area (Å²) in [6.07, 6.45) is 1.40. The second kappa shape index (κ2) is 3.73. The van der Waals surface area contributed by atoms with Gasteiger partial charge in [0, 0.05) is 12.3 Å². The number of carbonyl (C=O) groups is 1. The van der Waals surface area contributed by atoms with Gasteiger partial charge >= 0.3 is 0 Å². The molecule has 0 spiro atoms. The van der Waals surface area contributed by atoms with E-state index in [9.17, 15) is 13.6 Å². The zero-order valence-corrected chi connectivity index (χ0v) is 8.02. The maximum atomic E-state index is 12.9. The molecule has 4 nitrogen and oxygen atoms in total. The van der Waals surface area contributed by atoms with Gasteiger partial charge < -0.3 is 5.73 Å². The highest BCUT2D eigenvalue weighted by Crippen LogP contribution is 2.12. The van der Waals surface area contributed by atoms with Crippen molar-refractivity contribution < 1.29 is 13.6 Å². The van der Waals surface area contributed by atoms with Gasteiger partial charge in [-0.15, -0.1) is 0 Å². The molecule has 16 heavy (non-hydrogen) atoms. The first-order chi connectivity index (χ1) is 7.56. The van der Waals surface area contributed by atoms with Gasteiger partial charge in [-0.25, -0.2) is 13.5 Å². The number of nitrogens with two attached hydrogens (primary N) is 1. The molecule has 1 amide bonds. The van der Waals surface area contributed by atoms with Crippen LogP contribution in [0.25, 0.3) is 5.69 Å². The monoisotopic (exact) mass is 223 g/mol. The summed E-state index contributed by atoms with van der Waals surface area (Å²) in [6, 6.07) is 4.31. The van der Waals surface area contributed by atoms with Gasteiger partial charge in [0.05, 0.1) is 5.69 Å². The highest BCUT2D eigenvalue weighted by Gasteiger charge is 2.07. The molecule has 82 valence electrons. The minimum atomic E-state index is -0.717. The molecule has 1 heterocycles. The topological polar surface area (TPSA) is 60.9 Å². The molecule has 0 radical (unpaired) electrons. The van der Waals surface area contributed by atoms with E-state index in [1.165, 1.54) is 16.9 Å². The molecule has 0 atom stereocenters. The number of benzene rings is 1. The molecule has 1 aromatic heterocycles. The van der Waals surface area contributed by atoms with Gasteiger partial charge in [0.15, 0.2) is 0 Å². The van der Waals surface area contributed by atoms with E-state index in [-0.39, 0.29) is 11.4 Å². The predicted octanol–water partition coefficient (Wildman–Crippen LogP) is 1.25. The van der Waals surface area contributed by atoms with Crippen LogP contribution in [0.2, 0.25) is 0 Å². The summed E-state index contributed by atoms with van der Waals surface area (Å²) >= 11 is 0. The lowest BCUT2D eigenvalue weighted by Gasteiger charge is -2.01. The summed E-state index contributed by atoms with van der Waals surface area (Å²) in [5.74, 6) is -2.13. The fraction of sp³-hybridized carbons (Fsp3) is 0. The minimum absolute atomic E-state index is 0.0321. The van der Waals surface area contributed by atoms with E-state index in [2.05, 4.69) is 5.10 Å². The Morgan fingerprint density at radius 2 is 1.88 bits per heavy atom. The van der Waals surface area contributed by atoms with Crippen LogP contribution in [0.1, 0.15) is 10.5 Å². The summed E-state index contributed by atoms with van der Waals surface area (Å²) in [5, 5.41) is 3.77. The van der Waals surface area contributed by atoms with Crippen LogP contribution in [-0.2, 0) is 0 Å². The summed E-state index contributed by atoms with van der Waals surface area (Å²) < 4.78 is 27.0. The molecule has 0 aliphatic carbocycles. The van der Waals surface area contributed by atoms with Crippen LogP contribution < -0.4 is 5.73 Å². The van der Waals surface area contributed by atoms with Crippen molar-refractivity contribution in [3.63, 3.8) is 0 Å². The molecule has 0 aliphatic heterocycles. The van der Waals surface area contributed by atoms with Gasteiger partial charge in [-0.1, -0.05) is 0 Å². The fourth-order valence-corrected chi connectivity index (χ4v) is 1.27. The average molecular weight is 223 g/mol. The van der Waals surface area contributed by atoms with Crippen LogP contribution in [0.15, 0.2) is 30.5 Å². The largest absolute Gasteiger partial charge is 0.364 e. The van der Waals surface area contributed by atoms with Gasteiger partial charge in [-0.05, 0) is 18.2 Å². The predicted molar refractivity (Wildman–Crippen MR) is 52.0 cm³/mol. The molecule has 2 aromatic rings. The van der Waals surface area contributed by atoms with Crippen molar-refractivity contribution in [2.75, 3.05) is 0 Å². The van der Waals surface area contributed by atoms with Crippen LogP contribution in [0.4, 0.5) is 8.78 Å². The number of primary amides is 1. The third-order valence-electron chi connectivity index (χ3n) is 1.95. The first-order valence-corrected chi connectivity index (χ1v) is 4.38. The Bertz CT molecular complexity index is 530. The van der Waals surface area contributed by atoms with E-state index in [1.807, 2.05) is 0 Å². The Hall–Kier alpha value is -2.24. The number of halogens is 2. The number of rotatable bonds is 2. The lowest BCUT2D eigenvalue weighted by molar-refractivity contribution is 0.0995. The number of nitrogens with zero attached hydrogens (tertiary/aromatic N) is 2. The van der Waals surface area contributed by atoms with Gasteiger partial charge in [0.25, 0.3) is 5.91 Å². The van der Waals surface area contributed by atoms with E-state index in [1.54, 1.807) is 0 Å². The third-order valence-corrected chi connectivity index (χ3v) is 1.95. The SMILES string of the molecule is NC(=O)c1ccn(-c2cc(F)cc(F)c2)n1. The zero-order valence-electron chi connectivity index (χ0n) is 8.02. The van der Waals surface area contributed by atoms with Crippen molar-refractivity contribution in [1.82, 2.24) is 9.78 Å². The molecule has 2 rings (SSSR count). The molecule has 0 saturated carbocycles. The van der Waals surface area contributed by atoms with Gasteiger partial charge in [0.1, 0.15) is 17.3 Å². The lowest BCUT2D eigenvalue weighted by Crippen LogP contribution is -2.12. The molecule has 1 aromatic carbocycles. The number of aromatic nitrogens is 2. The van der Waals surface area contributed by atoms with Crippen molar-refractivity contribution in [3.8, 4) is 5.69 Å². The van der Waals surface area contributed by atoms with E-state index in [4.69, 9.17) is 5.73 Å². The Morgan fingerprint density at radius 3 is 2.38 bits per heavy atom. The normalized spacial score (nSPS) is 10.4. The molecular weight excluding hydrogens is 216 g/mol. The summed E-state index contributed by atoms with van der Waals surface area (Å²) in [4.78, 5) is 10.8. The second-order valence-electron chi connectivity index (χ2n) is 3.14. The van der Waals surface area contributed by atoms with E-state index < -0.39 is 17.5 Å². The number of carbonyl (C=O) groups excluding carboxylic acids is 1. The lowest BCUT2D eigenvalue weighted by atomic mass is 10.3. The summed E-state index contributed by atoms with van der Waals surface area (Å²) in [5.41, 5.74) is 5.22. The number of amides is 1. The van der Waals surface area contributed by atoms with Crippen LogP contribution in [0, 0.1) is 11.6 Å². The average Bonchev–Trinajstić information content (AvgIpc) is 2.64. The third kappa shape index (κ3) is 1.90. The smallest absolute Gasteiger partial charge is 0.269 e. The van der Waals surface area contributed by atoms with Crippen LogP contribution in [0.5, 0.6) is 0 Å². The molecule has 0 aliphatic rings. The van der Waals surface area contributed by atoms with Crippen molar-refractivity contribution >= 4 is 5.91 Å². The molecule has 0 fully saturated rings. The Kier molecular flexibility index (Phi) is 2.40. The molecule has 0 unspecified atom stereocenters. The summed E-state index contributed by atoms with van der Waals surface area (Å²) in [7, 11) is 0. The van der Waals surface area contributed by atoms with Crippen LogP contribution >= 0.6 is 0 Å². The van der Waals surface area contributed by atoms with E-state index in [0.717, 1.165) is 18.2 Å². The standard InChI is InChI=1S/C10H7F2N3O/c11-6-3-7(12)5-8(4-6)15-2-1-9(14-15)10(13)16/h1-5H,(H2,13,16). The van der Waals surface area contributed by atoms with Gasteiger partial charge in [-0.3, -0.25) is 4.79 Å². The molecule has 2 N–H and O–H groups in total. The quantitative estimate of drug-likeness (QED) is 0.832. The zero-order chi connectivity index (χ0) is 11.7. The van der Waals surface area contributed by atoms with Crippen molar-refractivity contribution in [2.24, 2.45) is 5.73 Å². The summed E-state index contributed by atoms with van der Waals surface area (Å²) in [6.45, 7) is 0. The Morgan fingerprint density at radius 1 is 1.25 bits per heavy atom. The van der Waals surface area contributed by atoms with E-state index >= 15 is 0 Å². The second-order valence-corrected chi connectivity index (χ2v) is 3.14. The van der Waals surface area contributed by atoms with Crippen LogP contribution in [0.3, 0.4) is 0 Å². The maximum Gasteiger partial charge on any atom is 0.269 e. The number of hydrogen-bond donors (Lipinski definition) is 1. The molecule has 6 heteroatoms. The van der Waals surface area contributed by atoms with Crippen molar-refractivity contribution in [2.45, 2.75) is 0 Å². The van der Waals surface area contributed by atoms with Gasteiger partial charge in [0.2, 0.25) is 0 Å². The van der Waals surface area contributed by atoms with Crippen LogP contribution in [-0.4, -0.2) is 15.7 Å². The number of hydrogen-bond acceptors (Lipinski definition) is 2. The van der Waals surface area contributed by atoms with Crippen molar-refractivity contribution in [3.05, 3.63) is 47.8 Å². The Labute approximate surface area is 89.3 Å².